The molecule has 9 heteroatoms. The van der Waals surface area contributed by atoms with Crippen molar-refractivity contribution in [1.29, 1.82) is 0 Å². The topological polar surface area (TPSA) is 49.3 Å². The highest BCUT2D eigenvalue weighted by Crippen LogP contribution is 2.64. The zero-order valence-electron chi connectivity index (χ0n) is 16.6. The van der Waals surface area contributed by atoms with Gasteiger partial charge >= 0.3 is 18.3 Å². The summed E-state index contributed by atoms with van der Waals surface area (Å²) in [5, 5.41) is 12.5. The van der Waals surface area contributed by atoms with E-state index in [1.807, 2.05) is 0 Å². The van der Waals surface area contributed by atoms with E-state index in [2.05, 4.69) is 5.32 Å². The first kappa shape index (κ1) is 21.2. The Bertz CT molecular complexity index is 1060. The van der Waals surface area contributed by atoms with Crippen LogP contribution in [0.4, 0.5) is 32.0 Å². The fourth-order valence-electron chi connectivity index (χ4n) is 6.11. The Hall–Kier alpha value is -2.71. The van der Waals surface area contributed by atoms with E-state index in [1.165, 1.54) is 12.1 Å². The van der Waals surface area contributed by atoms with Crippen LogP contribution in [0.1, 0.15) is 63.8 Å². The van der Waals surface area contributed by atoms with Crippen molar-refractivity contribution in [1.82, 2.24) is 0 Å². The summed E-state index contributed by atoms with van der Waals surface area (Å²) in [6.07, 6.45) is -7.13. The van der Waals surface area contributed by atoms with Crippen molar-refractivity contribution in [3.8, 4) is 0 Å². The summed E-state index contributed by atoms with van der Waals surface area (Å²) >= 11 is 0. The van der Waals surface area contributed by atoms with Gasteiger partial charge in [-0.2, -0.15) is 26.3 Å². The number of anilines is 1. The van der Waals surface area contributed by atoms with Gasteiger partial charge in [0.2, 0.25) is 0 Å². The Morgan fingerprint density at radius 2 is 1.53 bits per heavy atom. The molecule has 0 saturated heterocycles. The molecule has 0 unspecified atom stereocenters. The van der Waals surface area contributed by atoms with E-state index < -0.39 is 35.5 Å². The summed E-state index contributed by atoms with van der Waals surface area (Å²) in [6, 6.07) is 5.61. The maximum Gasteiger partial charge on any atom is 0.416 e. The van der Waals surface area contributed by atoms with Gasteiger partial charge in [-0.25, -0.2) is 4.79 Å². The molecule has 1 aliphatic heterocycles. The molecular formula is C23H19F6NO2. The number of hydrogen-bond donors (Lipinski definition) is 2. The van der Waals surface area contributed by atoms with E-state index in [1.54, 1.807) is 6.07 Å². The van der Waals surface area contributed by atoms with Gasteiger partial charge in [0, 0.05) is 5.69 Å². The Morgan fingerprint density at radius 3 is 2.12 bits per heavy atom. The Balaban J connectivity index is 1.66. The normalized spacial score (nSPS) is 28.8. The number of hydrogen-bond acceptors (Lipinski definition) is 2. The number of carbonyl (C=O) groups is 1. The summed E-state index contributed by atoms with van der Waals surface area (Å²) in [4.78, 5) is 11.4. The molecule has 0 aromatic heterocycles. The number of carboxylic acids is 1. The first-order valence-electron chi connectivity index (χ1n) is 10.4. The fourth-order valence-corrected chi connectivity index (χ4v) is 6.11. The van der Waals surface area contributed by atoms with Crippen LogP contribution in [0.15, 0.2) is 36.4 Å². The molecule has 2 aromatic rings. The molecule has 2 N–H and O–H groups in total. The van der Waals surface area contributed by atoms with Gasteiger partial charge in [0.05, 0.1) is 22.7 Å². The maximum atomic E-state index is 13.4. The first-order chi connectivity index (χ1) is 14.9. The molecule has 2 bridgehead atoms. The number of halogens is 6. The van der Waals surface area contributed by atoms with E-state index in [0.717, 1.165) is 37.0 Å². The zero-order chi connectivity index (χ0) is 23.0. The van der Waals surface area contributed by atoms with Crippen molar-refractivity contribution in [3.63, 3.8) is 0 Å². The van der Waals surface area contributed by atoms with Crippen molar-refractivity contribution in [2.45, 2.75) is 43.6 Å². The van der Waals surface area contributed by atoms with Crippen LogP contribution in [-0.2, 0) is 12.4 Å². The van der Waals surface area contributed by atoms with Crippen molar-refractivity contribution >= 4 is 11.7 Å². The number of benzene rings is 2. The molecule has 170 valence electrons. The summed E-state index contributed by atoms with van der Waals surface area (Å²) in [7, 11) is 0. The van der Waals surface area contributed by atoms with Crippen LogP contribution < -0.4 is 5.32 Å². The Morgan fingerprint density at radius 1 is 0.906 bits per heavy atom. The number of aromatic carboxylic acids is 1. The predicted octanol–water partition coefficient (Wildman–Crippen LogP) is 6.72. The molecule has 0 amide bonds. The zero-order valence-corrected chi connectivity index (χ0v) is 16.6. The van der Waals surface area contributed by atoms with Crippen LogP contribution in [0.3, 0.4) is 0 Å². The summed E-state index contributed by atoms with van der Waals surface area (Å²) in [5.41, 5.74) is -1.37. The van der Waals surface area contributed by atoms with Gasteiger partial charge in [0.15, 0.2) is 0 Å². The quantitative estimate of drug-likeness (QED) is 0.495. The standard InChI is InChI=1S/C23H19F6NO2/c24-22(25,26)14-6-13(7-15(9-14)23(27,28)29)20-19-11-2-1-10(5-11)18(19)16-4-3-12(21(31)32)8-17(16)30-20/h3-4,6-11,18-20,30H,1-2,5H2,(H,31,32)/t10-,11+,18-,19-,20+/m1/s1. The SMILES string of the molecule is O=C(O)c1ccc2c(c1)N[C@@H](c1cc(C(F)(F)F)cc(C(F)(F)F)c1)[C@@H]1[C@H]3CC[C@H](C3)[C@H]21. The third-order valence-electron chi connectivity index (χ3n) is 7.30. The van der Waals surface area contributed by atoms with Crippen molar-refractivity contribution < 1.29 is 36.2 Å². The third kappa shape index (κ3) is 3.33. The fraction of sp³-hybridized carbons (Fsp3) is 0.435. The largest absolute Gasteiger partial charge is 0.478 e. The van der Waals surface area contributed by atoms with E-state index in [9.17, 15) is 36.2 Å². The van der Waals surface area contributed by atoms with Gasteiger partial charge < -0.3 is 10.4 Å². The predicted molar refractivity (Wildman–Crippen MR) is 103 cm³/mol. The highest BCUT2D eigenvalue weighted by atomic mass is 19.4. The van der Waals surface area contributed by atoms with Gasteiger partial charge in [0.25, 0.3) is 0 Å². The lowest BCUT2D eigenvalue weighted by Gasteiger charge is -2.44. The summed E-state index contributed by atoms with van der Waals surface area (Å²) in [5.74, 6) is -0.849. The van der Waals surface area contributed by atoms with E-state index in [4.69, 9.17) is 0 Å². The highest BCUT2D eigenvalue weighted by Gasteiger charge is 2.54. The highest BCUT2D eigenvalue weighted by molar-refractivity contribution is 5.89. The molecule has 2 aromatic carbocycles. The van der Waals surface area contributed by atoms with Crippen LogP contribution in [0.5, 0.6) is 0 Å². The molecule has 3 nitrogen and oxygen atoms in total. The lowest BCUT2D eigenvalue weighted by Crippen LogP contribution is -2.36. The second-order valence-electron chi connectivity index (χ2n) is 9.00. The van der Waals surface area contributed by atoms with Crippen molar-refractivity contribution in [3.05, 3.63) is 64.2 Å². The third-order valence-corrected chi connectivity index (χ3v) is 7.30. The van der Waals surface area contributed by atoms with E-state index in [0.29, 0.717) is 5.69 Å². The lowest BCUT2D eigenvalue weighted by molar-refractivity contribution is -0.143. The number of fused-ring (bicyclic) bond motifs is 7. The smallest absolute Gasteiger partial charge is 0.416 e. The molecule has 32 heavy (non-hydrogen) atoms. The van der Waals surface area contributed by atoms with Crippen molar-refractivity contribution in [2.24, 2.45) is 17.8 Å². The van der Waals surface area contributed by atoms with E-state index in [-0.39, 0.29) is 40.9 Å². The van der Waals surface area contributed by atoms with Crippen molar-refractivity contribution in [2.75, 3.05) is 5.32 Å². The second kappa shape index (κ2) is 6.89. The van der Waals surface area contributed by atoms with E-state index >= 15 is 0 Å². The maximum absolute atomic E-state index is 13.4. The number of alkyl halides is 6. The second-order valence-corrected chi connectivity index (χ2v) is 9.00. The van der Waals surface area contributed by atoms with Gasteiger partial charge in [-0.05, 0) is 84.4 Å². The molecule has 1 heterocycles. The number of carboxylic acid groups (broad SMARTS) is 1. The van der Waals surface area contributed by atoms with Gasteiger partial charge in [-0.3, -0.25) is 0 Å². The number of nitrogens with one attached hydrogen (secondary N) is 1. The molecule has 5 rings (SSSR count). The van der Waals surface area contributed by atoms with Crippen LogP contribution in [-0.4, -0.2) is 11.1 Å². The van der Waals surface area contributed by atoms with Gasteiger partial charge in [-0.15, -0.1) is 0 Å². The van der Waals surface area contributed by atoms with Crippen LogP contribution >= 0.6 is 0 Å². The molecule has 2 aliphatic carbocycles. The summed E-state index contributed by atoms with van der Waals surface area (Å²) < 4.78 is 80.7. The minimum absolute atomic E-state index is 0.0108. The lowest BCUT2D eigenvalue weighted by atomic mass is 9.67. The molecule has 0 spiro atoms. The Kier molecular flexibility index (Phi) is 4.56. The van der Waals surface area contributed by atoms with Gasteiger partial charge in [0.1, 0.15) is 0 Å². The average molecular weight is 455 g/mol. The molecular weight excluding hydrogens is 436 g/mol. The van der Waals surface area contributed by atoms with Crippen LogP contribution in [0.25, 0.3) is 0 Å². The molecule has 3 aliphatic rings. The Labute approximate surface area is 179 Å². The molecule has 2 saturated carbocycles. The van der Waals surface area contributed by atoms with Crippen LogP contribution in [0.2, 0.25) is 0 Å². The summed E-state index contributed by atoms with van der Waals surface area (Å²) in [6.45, 7) is 0. The number of rotatable bonds is 2. The monoisotopic (exact) mass is 455 g/mol. The minimum Gasteiger partial charge on any atom is -0.478 e. The minimum atomic E-state index is -4.92. The first-order valence-corrected chi connectivity index (χ1v) is 10.4. The van der Waals surface area contributed by atoms with Gasteiger partial charge in [-0.1, -0.05) is 6.07 Å². The molecule has 5 atom stereocenters. The molecule has 2 fully saturated rings. The molecule has 0 radical (unpaired) electrons. The van der Waals surface area contributed by atoms with Crippen LogP contribution in [0, 0.1) is 17.8 Å². The average Bonchev–Trinajstić information content (AvgIpc) is 3.33.